The van der Waals surface area contributed by atoms with Crippen LogP contribution in [0.25, 0.3) is 11.0 Å². The molecule has 0 bridgehead atoms. The number of nitrogens with zero attached hydrogens (tertiary/aromatic N) is 2. The zero-order valence-electron chi connectivity index (χ0n) is 11.8. The van der Waals surface area contributed by atoms with Gasteiger partial charge >= 0.3 is 0 Å². The Bertz CT molecular complexity index is 806. The molecule has 0 atom stereocenters. The second-order valence-corrected chi connectivity index (χ2v) is 6.23. The Hall–Kier alpha value is -2.34. The molecule has 21 heavy (non-hydrogen) atoms. The third-order valence-corrected chi connectivity index (χ3v) is 4.06. The van der Waals surface area contributed by atoms with E-state index in [0.29, 0.717) is 23.6 Å². The van der Waals surface area contributed by atoms with Gasteiger partial charge in [-0.05, 0) is 31.2 Å². The van der Waals surface area contributed by atoms with E-state index < -0.39 is 0 Å². The molecule has 1 amide bonds. The maximum Gasteiger partial charge on any atom is 0.289 e. The van der Waals surface area contributed by atoms with Crippen molar-refractivity contribution in [2.75, 3.05) is 12.8 Å². The van der Waals surface area contributed by atoms with Crippen LogP contribution in [-0.2, 0) is 6.54 Å². The highest BCUT2D eigenvalue weighted by Gasteiger charge is 2.17. The van der Waals surface area contributed by atoms with E-state index in [0.717, 1.165) is 15.3 Å². The molecule has 0 aliphatic carbocycles. The van der Waals surface area contributed by atoms with E-state index in [1.807, 2.05) is 6.92 Å². The fraction of sp³-hybridized carbons (Fsp3) is 0.200. The van der Waals surface area contributed by atoms with Gasteiger partial charge < -0.3 is 15.1 Å². The van der Waals surface area contributed by atoms with Crippen molar-refractivity contribution in [3.63, 3.8) is 0 Å². The van der Waals surface area contributed by atoms with Crippen molar-refractivity contribution in [2.45, 2.75) is 13.5 Å². The molecule has 1 aromatic carbocycles. The summed E-state index contributed by atoms with van der Waals surface area (Å²) in [6.07, 6.45) is 1.79. The molecule has 3 rings (SSSR count). The summed E-state index contributed by atoms with van der Waals surface area (Å²) in [5.74, 6) is 0.162. The van der Waals surface area contributed by atoms with E-state index in [1.54, 1.807) is 53.7 Å². The predicted octanol–water partition coefficient (Wildman–Crippen LogP) is 3.05. The maximum absolute atomic E-state index is 12.4. The second-order valence-electron chi connectivity index (χ2n) is 4.91. The van der Waals surface area contributed by atoms with E-state index >= 15 is 0 Å². The van der Waals surface area contributed by atoms with Crippen molar-refractivity contribution in [1.29, 1.82) is 0 Å². The van der Waals surface area contributed by atoms with Gasteiger partial charge in [0, 0.05) is 29.2 Å². The smallest absolute Gasteiger partial charge is 0.289 e. The number of anilines is 1. The van der Waals surface area contributed by atoms with Crippen LogP contribution in [0.5, 0.6) is 0 Å². The van der Waals surface area contributed by atoms with Crippen LogP contribution < -0.4 is 5.73 Å². The van der Waals surface area contributed by atoms with Gasteiger partial charge in [-0.3, -0.25) is 4.79 Å². The summed E-state index contributed by atoms with van der Waals surface area (Å²) >= 11 is 1.58. The Morgan fingerprint density at radius 2 is 2.24 bits per heavy atom. The topological polar surface area (TPSA) is 72.4 Å². The molecule has 0 unspecified atom stereocenters. The minimum absolute atomic E-state index is 0.157. The van der Waals surface area contributed by atoms with Crippen molar-refractivity contribution >= 4 is 33.9 Å². The third-order valence-electron chi connectivity index (χ3n) is 3.16. The summed E-state index contributed by atoms with van der Waals surface area (Å²) in [5, 5.41) is 1.82. The van der Waals surface area contributed by atoms with Crippen molar-refractivity contribution in [2.24, 2.45) is 0 Å². The van der Waals surface area contributed by atoms with Crippen LogP contribution in [0, 0.1) is 6.92 Å². The standard InChI is InChI=1S/C15H15N3O2S/c1-9-17-7-12(21-9)8-18(2)15(19)14-6-10-5-11(16)3-4-13(10)20-14/h3-7H,8,16H2,1-2H3. The first kappa shape index (κ1) is 13.6. The molecular formula is C15H15N3O2S. The quantitative estimate of drug-likeness (QED) is 0.755. The van der Waals surface area contributed by atoms with Crippen LogP contribution in [0.1, 0.15) is 20.4 Å². The molecule has 3 aromatic rings. The third kappa shape index (κ3) is 2.75. The lowest BCUT2D eigenvalue weighted by Crippen LogP contribution is -2.25. The lowest BCUT2D eigenvalue weighted by atomic mass is 10.2. The number of carbonyl (C=O) groups is 1. The maximum atomic E-state index is 12.4. The first-order valence-corrected chi connectivity index (χ1v) is 7.30. The number of nitrogen functional groups attached to an aromatic ring is 1. The molecule has 0 aliphatic heterocycles. The van der Waals surface area contributed by atoms with Crippen LogP contribution in [0.2, 0.25) is 0 Å². The Kier molecular flexibility index (Phi) is 3.39. The van der Waals surface area contributed by atoms with Gasteiger partial charge in [0.25, 0.3) is 5.91 Å². The van der Waals surface area contributed by atoms with Crippen LogP contribution in [-0.4, -0.2) is 22.8 Å². The average molecular weight is 301 g/mol. The number of fused-ring (bicyclic) bond motifs is 1. The van der Waals surface area contributed by atoms with Crippen molar-refractivity contribution in [3.8, 4) is 0 Å². The predicted molar refractivity (Wildman–Crippen MR) is 83.3 cm³/mol. The van der Waals surface area contributed by atoms with Gasteiger partial charge in [-0.15, -0.1) is 11.3 Å². The molecule has 6 heteroatoms. The molecule has 2 aromatic heterocycles. The highest BCUT2D eigenvalue weighted by atomic mass is 32.1. The molecule has 108 valence electrons. The van der Waals surface area contributed by atoms with E-state index in [-0.39, 0.29) is 5.91 Å². The molecule has 0 fully saturated rings. The SMILES string of the molecule is Cc1ncc(CN(C)C(=O)c2cc3cc(N)ccc3o2)s1. The fourth-order valence-electron chi connectivity index (χ4n) is 2.14. The number of aromatic nitrogens is 1. The summed E-state index contributed by atoms with van der Waals surface area (Å²) in [7, 11) is 1.75. The molecule has 0 saturated heterocycles. The van der Waals surface area contributed by atoms with Gasteiger partial charge in [-0.25, -0.2) is 4.98 Å². The Morgan fingerprint density at radius 1 is 1.43 bits per heavy atom. The first-order valence-electron chi connectivity index (χ1n) is 6.49. The number of nitrogens with two attached hydrogens (primary N) is 1. The van der Waals surface area contributed by atoms with Gasteiger partial charge in [0.15, 0.2) is 5.76 Å². The number of rotatable bonds is 3. The molecule has 2 N–H and O–H groups in total. The van der Waals surface area contributed by atoms with Crippen LogP contribution >= 0.6 is 11.3 Å². The number of hydrogen-bond donors (Lipinski definition) is 1. The first-order chi connectivity index (χ1) is 10.0. The highest BCUT2D eigenvalue weighted by Crippen LogP contribution is 2.23. The monoisotopic (exact) mass is 301 g/mol. The Morgan fingerprint density at radius 3 is 2.95 bits per heavy atom. The highest BCUT2D eigenvalue weighted by molar-refractivity contribution is 7.11. The van der Waals surface area contributed by atoms with E-state index in [4.69, 9.17) is 10.2 Å². The van der Waals surface area contributed by atoms with Crippen molar-refractivity contribution in [3.05, 3.63) is 46.1 Å². The zero-order chi connectivity index (χ0) is 15.0. The number of hydrogen-bond acceptors (Lipinski definition) is 5. The summed E-state index contributed by atoms with van der Waals surface area (Å²) in [6.45, 7) is 2.46. The number of furan rings is 1. The van der Waals surface area contributed by atoms with Crippen LogP contribution in [0.15, 0.2) is 34.9 Å². The summed E-state index contributed by atoms with van der Waals surface area (Å²) in [4.78, 5) is 19.2. The minimum Gasteiger partial charge on any atom is -0.451 e. The molecule has 0 aliphatic rings. The largest absolute Gasteiger partial charge is 0.451 e. The van der Waals surface area contributed by atoms with Gasteiger partial charge in [0.2, 0.25) is 0 Å². The van der Waals surface area contributed by atoms with Gasteiger partial charge in [-0.2, -0.15) is 0 Å². The van der Waals surface area contributed by atoms with Crippen molar-refractivity contribution in [1.82, 2.24) is 9.88 Å². The number of aryl methyl sites for hydroxylation is 1. The van der Waals surface area contributed by atoms with Gasteiger partial charge in [-0.1, -0.05) is 0 Å². The lowest BCUT2D eigenvalue weighted by molar-refractivity contribution is 0.0757. The number of thiazole rings is 1. The molecule has 5 nitrogen and oxygen atoms in total. The normalized spacial score (nSPS) is 11.0. The molecule has 2 heterocycles. The summed E-state index contributed by atoms with van der Waals surface area (Å²) in [5.41, 5.74) is 7.04. The average Bonchev–Trinajstić information content (AvgIpc) is 3.03. The van der Waals surface area contributed by atoms with Crippen LogP contribution in [0.3, 0.4) is 0 Å². The van der Waals surface area contributed by atoms with E-state index in [1.165, 1.54) is 0 Å². The summed E-state index contributed by atoms with van der Waals surface area (Å²) in [6, 6.07) is 7.04. The number of benzene rings is 1. The van der Waals surface area contributed by atoms with Crippen molar-refractivity contribution < 1.29 is 9.21 Å². The number of carbonyl (C=O) groups excluding carboxylic acids is 1. The molecular weight excluding hydrogens is 286 g/mol. The Labute approximate surface area is 126 Å². The lowest BCUT2D eigenvalue weighted by Gasteiger charge is -2.13. The molecule has 0 radical (unpaired) electrons. The molecule has 0 spiro atoms. The second kappa shape index (κ2) is 5.21. The van der Waals surface area contributed by atoms with Gasteiger partial charge in [0.05, 0.1) is 11.6 Å². The van der Waals surface area contributed by atoms with E-state index in [9.17, 15) is 4.79 Å². The zero-order valence-corrected chi connectivity index (χ0v) is 12.6. The summed E-state index contributed by atoms with van der Waals surface area (Å²) < 4.78 is 5.59. The van der Waals surface area contributed by atoms with Crippen LogP contribution in [0.4, 0.5) is 5.69 Å². The molecule has 0 saturated carbocycles. The van der Waals surface area contributed by atoms with E-state index in [2.05, 4.69) is 4.98 Å². The fourth-order valence-corrected chi connectivity index (χ4v) is 2.99. The number of amides is 1. The Balaban J connectivity index is 1.82. The minimum atomic E-state index is -0.157. The van der Waals surface area contributed by atoms with Gasteiger partial charge in [0.1, 0.15) is 5.58 Å².